The third-order valence-corrected chi connectivity index (χ3v) is 5.36. The molecule has 0 aliphatic heterocycles. The molecule has 4 rings (SSSR count). The van der Waals surface area contributed by atoms with Crippen LogP contribution in [-0.2, 0) is 17.9 Å². The molecule has 4 aromatic rings. The van der Waals surface area contributed by atoms with E-state index in [4.69, 9.17) is 9.47 Å². The molecule has 0 unspecified atom stereocenters. The van der Waals surface area contributed by atoms with Crippen molar-refractivity contribution < 1.29 is 14.3 Å². The molecule has 9 nitrogen and oxygen atoms in total. The molecule has 9 heteroatoms. The van der Waals surface area contributed by atoms with Crippen LogP contribution in [0.4, 0.5) is 5.69 Å². The summed E-state index contributed by atoms with van der Waals surface area (Å²) in [5.74, 6) is 1.30. The van der Waals surface area contributed by atoms with Crippen molar-refractivity contribution in [3.05, 3.63) is 81.5 Å². The van der Waals surface area contributed by atoms with Gasteiger partial charge in [0.1, 0.15) is 24.4 Å². The van der Waals surface area contributed by atoms with Crippen molar-refractivity contribution in [3.8, 4) is 11.5 Å². The summed E-state index contributed by atoms with van der Waals surface area (Å²) in [5.41, 5.74) is 3.90. The number of ether oxygens (including phenoxy) is 2. The SMILES string of the molecule is CCCn1cnc2nc(COc3cc(NC(=O)COc4cc(C)cc(C)c4)ccc3C)cc(=O)n21. The number of aryl methyl sites for hydroxylation is 4. The molecule has 0 radical (unpaired) electrons. The van der Waals surface area contributed by atoms with Gasteiger partial charge in [-0.05, 0) is 62.1 Å². The first-order chi connectivity index (χ1) is 16.8. The second kappa shape index (κ2) is 10.4. The number of anilines is 1. The van der Waals surface area contributed by atoms with Crippen molar-refractivity contribution in [2.24, 2.45) is 0 Å². The molecule has 0 aliphatic rings. The highest BCUT2D eigenvalue weighted by Gasteiger charge is 2.11. The van der Waals surface area contributed by atoms with Crippen LogP contribution in [0.15, 0.2) is 53.6 Å². The van der Waals surface area contributed by atoms with Gasteiger partial charge >= 0.3 is 0 Å². The van der Waals surface area contributed by atoms with E-state index in [2.05, 4.69) is 15.3 Å². The van der Waals surface area contributed by atoms with Crippen LogP contribution in [0, 0.1) is 20.8 Å². The molecule has 0 spiro atoms. The molecule has 0 saturated heterocycles. The maximum absolute atomic E-state index is 12.6. The smallest absolute Gasteiger partial charge is 0.274 e. The van der Waals surface area contributed by atoms with E-state index in [-0.39, 0.29) is 24.7 Å². The summed E-state index contributed by atoms with van der Waals surface area (Å²) in [4.78, 5) is 33.6. The van der Waals surface area contributed by atoms with E-state index in [0.29, 0.717) is 35.2 Å². The zero-order valence-corrected chi connectivity index (χ0v) is 20.4. The van der Waals surface area contributed by atoms with Crippen LogP contribution in [0.25, 0.3) is 5.78 Å². The van der Waals surface area contributed by atoms with Crippen LogP contribution in [0.1, 0.15) is 35.7 Å². The Labute approximate surface area is 203 Å². The third kappa shape index (κ3) is 5.87. The minimum atomic E-state index is -0.276. The van der Waals surface area contributed by atoms with Gasteiger partial charge < -0.3 is 14.8 Å². The predicted molar refractivity (Wildman–Crippen MR) is 133 cm³/mol. The molecule has 0 atom stereocenters. The fraction of sp³-hybridized carbons (Fsp3) is 0.308. The minimum Gasteiger partial charge on any atom is -0.487 e. The van der Waals surface area contributed by atoms with Crippen molar-refractivity contribution in [2.75, 3.05) is 11.9 Å². The van der Waals surface area contributed by atoms with Crippen molar-refractivity contribution in [1.82, 2.24) is 19.2 Å². The number of rotatable bonds is 9. The second-order valence-corrected chi connectivity index (χ2v) is 8.53. The van der Waals surface area contributed by atoms with E-state index in [1.54, 1.807) is 23.1 Å². The lowest BCUT2D eigenvalue weighted by molar-refractivity contribution is -0.118. The third-order valence-electron chi connectivity index (χ3n) is 5.36. The molecule has 0 saturated carbocycles. The number of carbonyl (C=O) groups excluding carboxylic acids is 1. The molecular formula is C26H29N5O4. The Balaban J connectivity index is 1.40. The topological polar surface area (TPSA) is 99.8 Å². The molecule has 0 fully saturated rings. The van der Waals surface area contributed by atoms with Gasteiger partial charge in [-0.15, -0.1) is 0 Å². The number of carbonyl (C=O) groups is 1. The quantitative estimate of drug-likeness (QED) is 0.395. The van der Waals surface area contributed by atoms with Gasteiger partial charge in [-0.1, -0.05) is 19.1 Å². The second-order valence-electron chi connectivity index (χ2n) is 8.53. The zero-order chi connectivity index (χ0) is 24.9. The van der Waals surface area contributed by atoms with Crippen LogP contribution >= 0.6 is 0 Å². The molecule has 2 aromatic carbocycles. The summed E-state index contributed by atoms with van der Waals surface area (Å²) >= 11 is 0. The van der Waals surface area contributed by atoms with Crippen molar-refractivity contribution >= 4 is 17.4 Å². The van der Waals surface area contributed by atoms with Gasteiger partial charge in [0.05, 0.1) is 5.69 Å². The number of nitrogens with zero attached hydrogens (tertiary/aromatic N) is 4. The maximum Gasteiger partial charge on any atom is 0.274 e. The number of hydrogen-bond donors (Lipinski definition) is 1. The average molecular weight is 476 g/mol. The molecule has 2 aromatic heterocycles. The molecule has 0 bridgehead atoms. The van der Waals surface area contributed by atoms with Gasteiger partial charge in [0.15, 0.2) is 6.61 Å². The van der Waals surface area contributed by atoms with Crippen molar-refractivity contribution in [2.45, 2.75) is 47.3 Å². The lowest BCUT2D eigenvalue weighted by Crippen LogP contribution is -2.22. The van der Waals surface area contributed by atoms with Gasteiger partial charge in [0.25, 0.3) is 17.2 Å². The number of amides is 1. The van der Waals surface area contributed by atoms with Gasteiger partial charge in [0.2, 0.25) is 0 Å². The highest BCUT2D eigenvalue weighted by molar-refractivity contribution is 5.92. The average Bonchev–Trinajstić information content (AvgIpc) is 3.21. The van der Waals surface area contributed by atoms with Gasteiger partial charge in [-0.25, -0.2) is 4.98 Å². The van der Waals surface area contributed by atoms with E-state index in [0.717, 1.165) is 23.1 Å². The highest BCUT2D eigenvalue weighted by Crippen LogP contribution is 2.24. The first-order valence-electron chi connectivity index (χ1n) is 11.5. The summed E-state index contributed by atoms with van der Waals surface area (Å²) in [6.45, 7) is 8.58. The molecule has 0 aliphatic carbocycles. The lowest BCUT2D eigenvalue weighted by Gasteiger charge is -2.12. The molecule has 1 amide bonds. The molecule has 182 valence electrons. The van der Waals surface area contributed by atoms with E-state index in [1.165, 1.54) is 10.6 Å². The Morgan fingerprint density at radius 3 is 2.54 bits per heavy atom. The maximum atomic E-state index is 12.6. The zero-order valence-electron chi connectivity index (χ0n) is 20.4. The summed E-state index contributed by atoms with van der Waals surface area (Å²) in [7, 11) is 0. The molecule has 35 heavy (non-hydrogen) atoms. The van der Waals surface area contributed by atoms with Crippen LogP contribution in [-0.4, -0.2) is 31.7 Å². The molecule has 1 N–H and O–H groups in total. The van der Waals surface area contributed by atoms with E-state index < -0.39 is 0 Å². The molecule has 2 heterocycles. The fourth-order valence-corrected chi connectivity index (χ4v) is 3.81. The lowest BCUT2D eigenvalue weighted by atomic mass is 10.1. The Kier molecular flexibility index (Phi) is 7.14. The number of nitrogens with one attached hydrogen (secondary N) is 1. The standard InChI is InChI=1S/C26H29N5O4/c1-5-8-30-16-27-26-29-21(13-25(33)31(26)30)14-35-23-12-20(7-6-19(23)4)28-24(32)15-34-22-10-17(2)9-18(3)11-22/h6-7,9-13,16H,5,8,14-15H2,1-4H3,(H,28,32). The highest BCUT2D eigenvalue weighted by atomic mass is 16.5. The monoisotopic (exact) mass is 475 g/mol. The normalized spacial score (nSPS) is 11.0. The Morgan fingerprint density at radius 2 is 1.80 bits per heavy atom. The first-order valence-corrected chi connectivity index (χ1v) is 11.5. The Morgan fingerprint density at radius 1 is 1.03 bits per heavy atom. The van der Waals surface area contributed by atoms with Crippen LogP contribution in [0.5, 0.6) is 11.5 Å². The van der Waals surface area contributed by atoms with E-state index >= 15 is 0 Å². The van der Waals surface area contributed by atoms with Gasteiger partial charge in [-0.2, -0.15) is 9.50 Å². The summed E-state index contributed by atoms with van der Waals surface area (Å²) in [5, 5.41) is 2.83. The van der Waals surface area contributed by atoms with Crippen molar-refractivity contribution in [1.29, 1.82) is 0 Å². The summed E-state index contributed by atoms with van der Waals surface area (Å²) in [6.07, 6.45) is 2.49. The van der Waals surface area contributed by atoms with Crippen molar-refractivity contribution in [3.63, 3.8) is 0 Å². The van der Waals surface area contributed by atoms with Gasteiger partial charge in [0, 0.05) is 24.4 Å². The number of aromatic nitrogens is 4. The van der Waals surface area contributed by atoms with Crippen LogP contribution in [0.3, 0.4) is 0 Å². The van der Waals surface area contributed by atoms with E-state index in [1.807, 2.05) is 52.0 Å². The van der Waals surface area contributed by atoms with E-state index in [9.17, 15) is 9.59 Å². The Hall–Kier alpha value is -4.14. The fourth-order valence-electron chi connectivity index (χ4n) is 3.81. The number of fused-ring (bicyclic) bond motifs is 1. The summed E-state index contributed by atoms with van der Waals surface area (Å²) in [6, 6.07) is 12.7. The summed E-state index contributed by atoms with van der Waals surface area (Å²) < 4.78 is 14.8. The first kappa shape index (κ1) is 24.0. The number of benzene rings is 2. The van der Waals surface area contributed by atoms with Crippen LogP contribution in [0.2, 0.25) is 0 Å². The molecular weight excluding hydrogens is 446 g/mol. The van der Waals surface area contributed by atoms with Gasteiger partial charge in [-0.3, -0.25) is 14.3 Å². The largest absolute Gasteiger partial charge is 0.487 e. The Bertz CT molecular complexity index is 1400. The predicted octanol–water partition coefficient (Wildman–Crippen LogP) is 3.82. The minimum absolute atomic E-state index is 0.0977. The number of hydrogen-bond acceptors (Lipinski definition) is 6. The van der Waals surface area contributed by atoms with Crippen LogP contribution < -0.4 is 20.3 Å².